The lowest BCUT2D eigenvalue weighted by atomic mass is 10.1. The van der Waals surface area contributed by atoms with E-state index in [1.54, 1.807) is 6.92 Å². The molecule has 0 aliphatic carbocycles. The summed E-state index contributed by atoms with van der Waals surface area (Å²) in [4.78, 5) is 11.1. The summed E-state index contributed by atoms with van der Waals surface area (Å²) in [6.45, 7) is 4.93. The van der Waals surface area contributed by atoms with Crippen LogP contribution in [0.2, 0.25) is 0 Å². The summed E-state index contributed by atoms with van der Waals surface area (Å²) in [6, 6.07) is 0. The molecule has 0 saturated heterocycles. The SMILES string of the molecule is C=C(C)C(=O)OC(CO)CCCCO. The first kappa shape index (κ1) is 13.1. The molecule has 0 bridgehead atoms. The molecule has 82 valence electrons. The van der Waals surface area contributed by atoms with E-state index >= 15 is 0 Å². The lowest BCUT2D eigenvalue weighted by molar-refractivity contribution is -0.146. The van der Waals surface area contributed by atoms with Crippen LogP contribution in [-0.2, 0) is 9.53 Å². The Balaban J connectivity index is 3.78. The summed E-state index contributed by atoms with van der Waals surface area (Å²) < 4.78 is 4.94. The van der Waals surface area contributed by atoms with E-state index in [1.807, 2.05) is 0 Å². The van der Waals surface area contributed by atoms with Gasteiger partial charge in [-0.15, -0.1) is 0 Å². The van der Waals surface area contributed by atoms with Crippen LogP contribution < -0.4 is 0 Å². The first-order chi connectivity index (χ1) is 6.61. The number of esters is 1. The number of hydrogen-bond donors (Lipinski definition) is 2. The number of unbranched alkanes of at least 4 members (excludes halogenated alkanes) is 1. The van der Waals surface area contributed by atoms with Crippen LogP contribution in [0.15, 0.2) is 12.2 Å². The van der Waals surface area contributed by atoms with Crippen molar-refractivity contribution in [1.82, 2.24) is 0 Å². The minimum atomic E-state index is -0.481. The van der Waals surface area contributed by atoms with Crippen molar-refractivity contribution in [1.29, 1.82) is 0 Å². The molecule has 4 nitrogen and oxygen atoms in total. The highest BCUT2D eigenvalue weighted by Crippen LogP contribution is 2.06. The predicted molar refractivity (Wildman–Crippen MR) is 52.7 cm³/mol. The summed E-state index contributed by atoms with van der Waals surface area (Å²) in [5.41, 5.74) is 0.325. The second kappa shape index (κ2) is 7.53. The van der Waals surface area contributed by atoms with Crippen LogP contribution in [0.3, 0.4) is 0 Å². The maximum Gasteiger partial charge on any atom is 0.333 e. The first-order valence-electron chi connectivity index (χ1n) is 4.70. The fourth-order valence-electron chi connectivity index (χ4n) is 0.923. The lowest BCUT2D eigenvalue weighted by Gasteiger charge is -2.14. The smallest absolute Gasteiger partial charge is 0.333 e. The van der Waals surface area contributed by atoms with Crippen LogP contribution in [-0.4, -0.2) is 35.5 Å². The molecule has 0 aromatic heterocycles. The number of hydrogen-bond acceptors (Lipinski definition) is 4. The third-order valence-electron chi connectivity index (χ3n) is 1.76. The number of rotatable bonds is 7. The standard InChI is InChI=1S/C10H18O4/c1-8(2)10(13)14-9(7-12)5-3-4-6-11/h9,11-12H,1,3-7H2,2H3. The van der Waals surface area contributed by atoms with Gasteiger partial charge in [-0.1, -0.05) is 6.58 Å². The van der Waals surface area contributed by atoms with Crippen LogP contribution in [0.25, 0.3) is 0 Å². The van der Waals surface area contributed by atoms with E-state index in [1.165, 1.54) is 0 Å². The summed E-state index contributed by atoms with van der Waals surface area (Å²) >= 11 is 0. The van der Waals surface area contributed by atoms with E-state index in [4.69, 9.17) is 14.9 Å². The van der Waals surface area contributed by atoms with Gasteiger partial charge in [0.05, 0.1) is 6.61 Å². The molecule has 2 N–H and O–H groups in total. The van der Waals surface area contributed by atoms with E-state index in [2.05, 4.69) is 6.58 Å². The number of carbonyl (C=O) groups excluding carboxylic acids is 1. The molecule has 0 aliphatic rings. The van der Waals surface area contributed by atoms with Crippen molar-refractivity contribution in [2.45, 2.75) is 32.3 Å². The fraction of sp³-hybridized carbons (Fsp3) is 0.700. The van der Waals surface area contributed by atoms with Crippen LogP contribution in [0.4, 0.5) is 0 Å². The largest absolute Gasteiger partial charge is 0.457 e. The number of carbonyl (C=O) groups is 1. The molecule has 0 aromatic carbocycles. The Hall–Kier alpha value is -0.870. The van der Waals surface area contributed by atoms with Crippen LogP contribution in [0, 0.1) is 0 Å². The van der Waals surface area contributed by atoms with Crippen molar-refractivity contribution in [2.24, 2.45) is 0 Å². The summed E-state index contributed by atoms with van der Waals surface area (Å²) in [6.07, 6.45) is 1.47. The van der Waals surface area contributed by atoms with Gasteiger partial charge in [0.25, 0.3) is 0 Å². The Morgan fingerprint density at radius 1 is 1.43 bits per heavy atom. The zero-order valence-corrected chi connectivity index (χ0v) is 8.53. The average Bonchev–Trinajstić information content (AvgIpc) is 2.16. The average molecular weight is 202 g/mol. The van der Waals surface area contributed by atoms with Crippen molar-refractivity contribution in [3.63, 3.8) is 0 Å². The molecule has 0 aromatic rings. The Morgan fingerprint density at radius 2 is 2.07 bits per heavy atom. The third-order valence-corrected chi connectivity index (χ3v) is 1.76. The number of ether oxygens (including phenoxy) is 1. The zero-order chi connectivity index (χ0) is 11.0. The zero-order valence-electron chi connectivity index (χ0n) is 8.53. The lowest BCUT2D eigenvalue weighted by Crippen LogP contribution is -2.22. The Kier molecular flexibility index (Phi) is 7.06. The van der Waals surface area contributed by atoms with Crippen molar-refractivity contribution >= 4 is 5.97 Å². The van der Waals surface area contributed by atoms with Gasteiger partial charge >= 0.3 is 5.97 Å². The minimum Gasteiger partial charge on any atom is -0.457 e. The number of aliphatic hydroxyl groups is 2. The van der Waals surface area contributed by atoms with Crippen molar-refractivity contribution < 1.29 is 19.7 Å². The second-order valence-electron chi connectivity index (χ2n) is 3.21. The Labute approximate surface area is 84.2 Å². The predicted octanol–water partition coefficient (Wildman–Crippen LogP) is 0.629. The van der Waals surface area contributed by atoms with Gasteiger partial charge in [-0.05, 0) is 26.2 Å². The second-order valence-corrected chi connectivity index (χ2v) is 3.21. The van der Waals surface area contributed by atoms with E-state index in [0.29, 0.717) is 18.4 Å². The molecular formula is C10H18O4. The van der Waals surface area contributed by atoms with Gasteiger partial charge in [0, 0.05) is 12.2 Å². The van der Waals surface area contributed by atoms with E-state index in [0.717, 1.165) is 6.42 Å². The van der Waals surface area contributed by atoms with Gasteiger partial charge in [-0.2, -0.15) is 0 Å². The molecule has 0 amide bonds. The minimum absolute atomic E-state index is 0.118. The topological polar surface area (TPSA) is 66.8 Å². The molecule has 0 radical (unpaired) electrons. The van der Waals surface area contributed by atoms with E-state index in [-0.39, 0.29) is 13.2 Å². The molecule has 14 heavy (non-hydrogen) atoms. The highest BCUT2D eigenvalue weighted by atomic mass is 16.6. The van der Waals surface area contributed by atoms with Gasteiger partial charge in [0.15, 0.2) is 0 Å². The highest BCUT2D eigenvalue weighted by Gasteiger charge is 2.13. The quantitative estimate of drug-likeness (QED) is 0.361. The van der Waals surface area contributed by atoms with Gasteiger partial charge in [-0.3, -0.25) is 0 Å². The fourth-order valence-corrected chi connectivity index (χ4v) is 0.923. The summed E-state index contributed by atoms with van der Waals surface area (Å²) in [5.74, 6) is -0.479. The van der Waals surface area contributed by atoms with Crippen molar-refractivity contribution in [3.05, 3.63) is 12.2 Å². The molecule has 0 saturated carbocycles. The Morgan fingerprint density at radius 3 is 2.50 bits per heavy atom. The number of aliphatic hydroxyl groups excluding tert-OH is 2. The van der Waals surface area contributed by atoms with Gasteiger partial charge in [0.1, 0.15) is 6.10 Å². The Bertz CT molecular complexity index is 189. The van der Waals surface area contributed by atoms with Crippen LogP contribution in [0.1, 0.15) is 26.2 Å². The van der Waals surface area contributed by atoms with Gasteiger partial charge in [-0.25, -0.2) is 4.79 Å². The van der Waals surface area contributed by atoms with E-state index in [9.17, 15) is 4.79 Å². The first-order valence-corrected chi connectivity index (χ1v) is 4.70. The summed E-state index contributed by atoms with van der Waals surface area (Å²) in [5, 5.41) is 17.4. The maximum atomic E-state index is 11.1. The maximum absolute atomic E-state index is 11.1. The van der Waals surface area contributed by atoms with E-state index < -0.39 is 12.1 Å². The molecular weight excluding hydrogens is 184 g/mol. The molecule has 0 spiro atoms. The molecule has 4 heteroatoms. The molecule has 0 aliphatic heterocycles. The molecule has 1 atom stereocenters. The van der Waals surface area contributed by atoms with Gasteiger partial charge < -0.3 is 14.9 Å². The molecule has 0 fully saturated rings. The molecule has 0 heterocycles. The molecule has 1 unspecified atom stereocenters. The summed E-state index contributed by atoms with van der Waals surface area (Å²) in [7, 11) is 0. The normalized spacial score (nSPS) is 12.2. The monoisotopic (exact) mass is 202 g/mol. The highest BCUT2D eigenvalue weighted by molar-refractivity contribution is 5.87. The van der Waals surface area contributed by atoms with Crippen molar-refractivity contribution in [2.75, 3.05) is 13.2 Å². The van der Waals surface area contributed by atoms with Crippen LogP contribution >= 0.6 is 0 Å². The van der Waals surface area contributed by atoms with Gasteiger partial charge in [0.2, 0.25) is 0 Å². The van der Waals surface area contributed by atoms with Crippen molar-refractivity contribution in [3.8, 4) is 0 Å². The van der Waals surface area contributed by atoms with Crippen LogP contribution in [0.5, 0.6) is 0 Å². The third kappa shape index (κ3) is 5.72. The molecule has 0 rings (SSSR count).